The van der Waals surface area contributed by atoms with E-state index in [2.05, 4.69) is 39.4 Å². The van der Waals surface area contributed by atoms with Crippen molar-refractivity contribution in [3.8, 4) is 0 Å². The Kier molecular flexibility index (Phi) is 7.12. The molecule has 2 N–H and O–H groups in total. The van der Waals surface area contributed by atoms with E-state index in [-0.39, 0.29) is 0 Å². The lowest BCUT2D eigenvalue weighted by Gasteiger charge is -2.15. The Morgan fingerprint density at radius 1 is 1.23 bits per heavy atom. The van der Waals surface area contributed by atoms with Crippen molar-refractivity contribution in [2.45, 2.75) is 46.1 Å². The molecule has 0 spiro atoms. The predicted molar refractivity (Wildman–Crippen MR) is 94.7 cm³/mol. The number of nitrogens with zero attached hydrogens (tertiary/aromatic N) is 3. The zero-order chi connectivity index (χ0) is 15.8. The van der Waals surface area contributed by atoms with Gasteiger partial charge in [-0.3, -0.25) is 4.99 Å². The highest BCUT2D eigenvalue weighted by Crippen LogP contribution is 2.16. The minimum atomic E-state index is 0.796. The Balaban J connectivity index is 1.59. The molecule has 1 saturated heterocycles. The van der Waals surface area contributed by atoms with E-state index in [0.717, 1.165) is 29.8 Å². The van der Waals surface area contributed by atoms with Gasteiger partial charge in [0.2, 0.25) is 0 Å². The van der Waals surface area contributed by atoms with Gasteiger partial charge in [-0.2, -0.15) is 0 Å². The highest BCUT2D eigenvalue weighted by atomic mass is 32.1. The maximum absolute atomic E-state index is 4.45. The largest absolute Gasteiger partial charge is 0.356 e. The number of rotatable bonds is 7. The maximum atomic E-state index is 4.45. The Hall–Kier alpha value is -1.14. The summed E-state index contributed by atoms with van der Waals surface area (Å²) in [6.45, 7) is 9.73. The highest BCUT2D eigenvalue weighted by Gasteiger charge is 2.10. The van der Waals surface area contributed by atoms with Crippen LogP contribution in [0.4, 0.5) is 0 Å². The molecule has 0 unspecified atom stereocenters. The SMILES string of the molecule is CN=C(NCCCCN1CCCC1)NCc1sc(C)nc1C. The molecule has 1 aromatic heterocycles. The van der Waals surface area contributed by atoms with E-state index >= 15 is 0 Å². The molecular weight excluding hydrogens is 294 g/mol. The van der Waals surface area contributed by atoms with E-state index in [1.54, 1.807) is 11.3 Å². The first-order valence-corrected chi connectivity index (χ1v) is 9.10. The lowest BCUT2D eigenvalue weighted by molar-refractivity contribution is 0.330. The zero-order valence-corrected chi connectivity index (χ0v) is 14.9. The fourth-order valence-corrected chi connectivity index (χ4v) is 3.67. The van der Waals surface area contributed by atoms with Gasteiger partial charge in [0.1, 0.15) is 0 Å². The van der Waals surface area contributed by atoms with Crippen LogP contribution in [0.5, 0.6) is 0 Å². The van der Waals surface area contributed by atoms with Crippen LogP contribution >= 0.6 is 11.3 Å². The van der Waals surface area contributed by atoms with Gasteiger partial charge in [-0.1, -0.05) is 0 Å². The quantitative estimate of drug-likeness (QED) is 0.459. The van der Waals surface area contributed by atoms with Gasteiger partial charge in [-0.05, 0) is 59.2 Å². The monoisotopic (exact) mass is 323 g/mol. The van der Waals surface area contributed by atoms with Crippen molar-refractivity contribution in [2.24, 2.45) is 4.99 Å². The average molecular weight is 324 g/mol. The van der Waals surface area contributed by atoms with Crippen molar-refractivity contribution in [3.63, 3.8) is 0 Å². The van der Waals surface area contributed by atoms with Crippen molar-refractivity contribution >= 4 is 17.3 Å². The van der Waals surface area contributed by atoms with E-state index in [0.29, 0.717) is 0 Å². The Bertz CT molecular complexity index is 477. The summed E-state index contributed by atoms with van der Waals surface area (Å²) in [7, 11) is 1.82. The van der Waals surface area contributed by atoms with E-state index in [9.17, 15) is 0 Å². The molecule has 0 aliphatic carbocycles. The molecule has 2 heterocycles. The van der Waals surface area contributed by atoms with E-state index < -0.39 is 0 Å². The fraction of sp³-hybridized carbons (Fsp3) is 0.750. The first kappa shape index (κ1) is 17.2. The van der Waals surface area contributed by atoms with Crippen LogP contribution in [0.15, 0.2) is 4.99 Å². The van der Waals surface area contributed by atoms with E-state index in [1.807, 2.05) is 7.05 Å². The molecule has 1 aromatic rings. The van der Waals surface area contributed by atoms with Crippen LogP contribution in [-0.2, 0) is 6.54 Å². The fourth-order valence-electron chi connectivity index (χ4n) is 2.80. The Morgan fingerprint density at radius 2 is 2.00 bits per heavy atom. The summed E-state index contributed by atoms with van der Waals surface area (Å²) in [5, 5.41) is 7.89. The second-order valence-electron chi connectivity index (χ2n) is 5.85. The third-order valence-corrected chi connectivity index (χ3v) is 5.10. The number of aliphatic imine (C=N–C) groups is 1. The van der Waals surface area contributed by atoms with Crippen molar-refractivity contribution in [2.75, 3.05) is 33.2 Å². The molecule has 1 aliphatic heterocycles. The second kappa shape index (κ2) is 9.10. The first-order chi connectivity index (χ1) is 10.7. The highest BCUT2D eigenvalue weighted by molar-refractivity contribution is 7.11. The summed E-state index contributed by atoms with van der Waals surface area (Å²) in [6.07, 6.45) is 5.21. The summed E-state index contributed by atoms with van der Waals surface area (Å²) >= 11 is 1.75. The normalized spacial score (nSPS) is 16.2. The van der Waals surface area contributed by atoms with Crippen LogP contribution in [0.3, 0.4) is 0 Å². The van der Waals surface area contributed by atoms with E-state index in [1.165, 1.54) is 50.2 Å². The smallest absolute Gasteiger partial charge is 0.191 e. The summed E-state index contributed by atoms with van der Waals surface area (Å²) in [5.41, 5.74) is 1.12. The van der Waals surface area contributed by atoms with Gasteiger partial charge >= 0.3 is 0 Å². The molecule has 124 valence electrons. The van der Waals surface area contributed by atoms with Gasteiger partial charge in [0, 0.05) is 18.5 Å². The van der Waals surface area contributed by atoms with Crippen LogP contribution in [0.25, 0.3) is 0 Å². The number of aromatic nitrogens is 1. The molecule has 2 rings (SSSR count). The molecule has 5 nitrogen and oxygen atoms in total. The van der Waals surface area contributed by atoms with Gasteiger partial charge in [-0.25, -0.2) is 4.98 Å². The van der Waals surface area contributed by atoms with Crippen LogP contribution in [-0.4, -0.2) is 49.1 Å². The van der Waals surface area contributed by atoms with E-state index in [4.69, 9.17) is 0 Å². The summed E-state index contributed by atoms with van der Waals surface area (Å²) in [6, 6.07) is 0. The zero-order valence-electron chi connectivity index (χ0n) is 14.1. The molecule has 0 atom stereocenters. The number of hydrogen-bond acceptors (Lipinski definition) is 4. The van der Waals surface area contributed by atoms with Gasteiger partial charge in [0.15, 0.2) is 5.96 Å². The second-order valence-corrected chi connectivity index (χ2v) is 7.14. The maximum Gasteiger partial charge on any atom is 0.191 e. The molecule has 1 fully saturated rings. The van der Waals surface area contributed by atoms with Gasteiger partial charge in [0.25, 0.3) is 0 Å². The number of guanidine groups is 1. The van der Waals surface area contributed by atoms with Gasteiger partial charge in [0.05, 0.1) is 17.2 Å². The van der Waals surface area contributed by atoms with Crippen LogP contribution in [0, 0.1) is 13.8 Å². The number of nitrogens with one attached hydrogen (secondary N) is 2. The molecule has 0 bridgehead atoms. The van der Waals surface area contributed by atoms with Gasteiger partial charge in [-0.15, -0.1) is 11.3 Å². The third-order valence-electron chi connectivity index (χ3n) is 4.03. The molecular formula is C16H29N5S. The average Bonchev–Trinajstić information content (AvgIpc) is 3.11. The van der Waals surface area contributed by atoms with Gasteiger partial charge < -0.3 is 15.5 Å². The molecule has 22 heavy (non-hydrogen) atoms. The summed E-state index contributed by atoms with van der Waals surface area (Å²) < 4.78 is 0. The molecule has 6 heteroatoms. The third kappa shape index (κ3) is 5.57. The molecule has 1 aliphatic rings. The summed E-state index contributed by atoms with van der Waals surface area (Å²) in [5.74, 6) is 0.881. The topological polar surface area (TPSA) is 52.6 Å². The lowest BCUT2D eigenvalue weighted by Crippen LogP contribution is -2.37. The summed E-state index contributed by atoms with van der Waals surface area (Å²) in [4.78, 5) is 12.6. The first-order valence-electron chi connectivity index (χ1n) is 8.29. The molecule has 0 aromatic carbocycles. The van der Waals surface area contributed by atoms with Crippen LogP contribution in [0.2, 0.25) is 0 Å². The number of hydrogen-bond donors (Lipinski definition) is 2. The van der Waals surface area contributed by atoms with Crippen molar-refractivity contribution < 1.29 is 0 Å². The van der Waals surface area contributed by atoms with Crippen LogP contribution in [0.1, 0.15) is 41.3 Å². The van der Waals surface area contributed by atoms with Crippen molar-refractivity contribution in [3.05, 3.63) is 15.6 Å². The molecule has 0 amide bonds. The predicted octanol–water partition coefficient (Wildman–Crippen LogP) is 2.30. The minimum absolute atomic E-state index is 0.796. The number of likely N-dealkylation sites (tertiary alicyclic amines) is 1. The number of thiazole rings is 1. The van der Waals surface area contributed by atoms with Crippen molar-refractivity contribution in [1.29, 1.82) is 0 Å². The lowest BCUT2D eigenvalue weighted by atomic mass is 10.3. The minimum Gasteiger partial charge on any atom is -0.356 e. The number of unbranched alkanes of at least 4 members (excludes halogenated alkanes) is 1. The Labute approximate surface area is 138 Å². The standard InChI is InChI=1S/C16H29N5S/c1-13-15(22-14(2)20-13)12-19-16(17-3)18-8-4-5-9-21-10-6-7-11-21/h4-12H2,1-3H3,(H2,17,18,19). The Morgan fingerprint density at radius 3 is 2.64 bits per heavy atom. The molecule has 0 radical (unpaired) electrons. The van der Waals surface area contributed by atoms with Crippen LogP contribution < -0.4 is 10.6 Å². The number of aryl methyl sites for hydroxylation is 2. The van der Waals surface area contributed by atoms with Crippen molar-refractivity contribution in [1.82, 2.24) is 20.5 Å². The molecule has 0 saturated carbocycles.